The summed E-state index contributed by atoms with van der Waals surface area (Å²) in [6.07, 6.45) is -0.515. The maximum absolute atomic E-state index is 11.6. The van der Waals surface area contributed by atoms with Gasteiger partial charge in [-0.2, -0.15) is 0 Å². The van der Waals surface area contributed by atoms with E-state index < -0.39 is 11.7 Å². The van der Waals surface area contributed by atoms with Crippen molar-refractivity contribution in [2.45, 2.75) is 32.3 Å². The molecular weight excluding hydrogens is 260 g/mol. The standard InChI is InChI=1S/C14H22N2O4/c1-14(2,3)20-13(19)16-8-10(7-15)9-4-5-11(17)12(18)6-9/h4-6,10,17-18H,7-8,15H2,1-3H3,(H,16,19). The first-order valence-corrected chi connectivity index (χ1v) is 6.41. The highest BCUT2D eigenvalue weighted by Gasteiger charge is 2.18. The normalized spacial score (nSPS) is 12.8. The molecule has 5 N–H and O–H groups in total. The van der Waals surface area contributed by atoms with Gasteiger partial charge in [-0.25, -0.2) is 4.79 Å². The Morgan fingerprint density at radius 1 is 1.35 bits per heavy atom. The van der Waals surface area contributed by atoms with Crippen LogP contribution in [0, 0.1) is 0 Å². The Morgan fingerprint density at radius 3 is 2.50 bits per heavy atom. The van der Waals surface area contributed by atoms with Gasteiger partial charge in [0.1, 0.15) is 5.60 Å². The van der Waals surface area contributed by atoms with E-state index in [1.54, 1.807) is 26.8 Å². The molecule has 1 aromatic rings. The molecule has 0 heterocycles. The van der Waals surface area contributed by atoms with Crippen molar-refractivity contribution >= 4 is 6.09 Å². The molecule has 0 saturated heterocycles. The van der Waals surface area contributed by atoms with Crippen molar-refractivity contribution in [2.24, 2.45) is 5.73 Å². The highest BCUT2D eigenvalue weighted by atomic mass is 16.6. The van der Waals surface area contributed by atoms with Crippen molar-refractivity contribution in [1.29, 1.82) is 0 Å². The van der Waals surface area contributed by atoms with Crippen LogP contribution in [0.5, 0.6) is 11.5 Å². The smallest absolute Gasteiger partial charge is 0.407 e. The van der Waals surface area contributed by atoms with Crippen LogP contribution in [0.1, 0.15) is 32.3 Å². The van der Waals surface area contributed by atoms with E-state index in [0.29, 0.717) is 6.54 Å². The van der Waals surface area contributed by atoms with Gasteiger partial charge in [0, 0.05) is 19.0 Å². The van der Waals surface area contributed by atoms with Crippen molar-refractivity contribution in [1.82, 2.24) is 5.32 Å². The quantitative estimate of drug-likeness (QED) is 0.629. The lowest BCUT2D eigenvalue weighted by atomic mass is 9.99. The number of alkyl carbamates (subject to hydrolysis) is 1. The van der Waals surface area contributed by atoms with Crippen LogP contribution < -0.4 is 11.1 Å². The summed E-state index contributed by atoms with van der Waals surface area (Å²) in [6, 6.07) is 4.48. The molecule has 0 fully saturated rings. The summed E-state index contributed by atoms with van der Waals surface area (Å²) in [5.41, 5.74) is 5.85. The summed E-state index contributed by atoms with van der Waals surface area (Å²) in [5, 5.41) is 21.4. The number of phenols is 2. The molecule has 0 radical (unpaired) electrons. The zero-order valence-corrected chi connectivity index (χ0v) is 12.0. The molecule has 0 aliphatic rings. The molecule has 1 aromatic carbocycles. The minimum absolute atomic E-state index is 0.172. The SMILES string of the molecule is CC(C)(C)OC(=O)NCC(CN)c1ccc(O)c(O)c1. The van der Waals surface area contributed by atoms with E-state index in [1.165, 1.54) is 12.1 Å². The molecule has 112 valence electrons. The molecule has 6 heteroatoms. The average molecular weight is 282 g/mol. The van der Waals surface area contributed by atoms with Crippen molar-refractivity contribution < 1.29 is 19.7 Å². The number of carbonyl (C=O) groups excluding carboxylic acids is 1. The lowest BCUT2D eigenvalue weighted by Crippen LogP contribution is -2.36. The number of hydrogen-bond donors (Lipinski definition) is 4. The number of hydrogen-bond acceptors (Lipinski definition) is 5. The van der Waals surface area contributed by atoms with Crippen molar-refractivity contribution in [2.75, 3.05) is 13.1 Å². The van der Waals surface area contributed by atoms with Gasteiger partial charge in [0.15, 0.2) is 11.5 Å². The number of carbonyl (C=O) groups is 1. The number of rotatable bonds is 4. The van der Waals surface area contributed by atoms with Gasteiger partial charge in [-0.3, -0.25) is 0 Å². The van der Waals surface area contributed by atoms with Crippen LogP contribution in [-0.4, -0.2) is 35.0 Å². The number of phenolic OH excluding ortho intramolecular Hbond substituents is 2. The number of aromatic hydroxyl groups is 2. The summed E-state index contributed by atoms with van der Waals surface area (Å²) in [4.78, 5) is 11.6. The lowest BCUT2D eigenvalue weighted by Gasteiger charge is -2.21. The van der Waals surface area contributed by atoms with E-state index >= 15 is 0 Å². The summed E-state index contributed by atoms with van der Waals surface area (Å²) in [7, 11) is 0. The number of benzene rings is 1. The van der Waals surface area contributed by atoms with Crippen LogP contribution >= 0.6 is 0 Å². The van der Waals surface area contributed by atoms with Gasteiger partial charge in [-0.05, 0) is 38.5 Å². The Bertz CT molecular complexity index is 469. The maximum atomic E-state index is 11.6. The molecule has 0 spiro atoms. The molecule has 0 saturated carbocycles. The van der Waals surface area contributed by atoms with Crippen LogP contribution in [0.15, 0.2) is 18.2 Å². The van der Waals surface area contributed by atoms with Crippen molar-refractivity contribution in [3.8, 4) is 11.5 Å². The number of nitrogens with one attached hydrogen (secondary N) is 1. The summed E-state index contributed by atoms with van der Waals surface area (Å²) < 4.78 is 5.13. The molecular formula is C14H22N2O4. The third kappa shape index (κ3) is 4.97. The molecule has 20 heavy (non-hydrogen) atoms. The topological polar surface area (TPSA) is 105 Å². The maximum Gasteiger partial charge on any atom is 0.407 e. The second-order valence-electron chi connectivity index (χ2n) is 5.56. The summed E-state index contributed by atoms with van der Waals surface area (Å²) in [5.74, 6) is -0.572. The Kier molecular flexibility index (Phi) is 5.21. The fourth-order valence-electron chi connectivity index (χ4n) is 1.65. The van der Waals surface area contributed by atoms with Crippen LogP contribution in [-0.2, 0) is 4.74 Å². The molecule has 1 rings (SSSR count). The molecule has 0 bridgehead atoms. The Morgan fingerprint density at radius 2 is 2.00 bits per heavy atom. The first-order valence-electron chi connectivity index (χ1n) is 6.41. The van der Waals surface area contributed by atoms with E-state index in [0.717, 1.165) is 5.56 Å². The number of nitrogens with two attached hydrogens (primary N) is 1. The van der Waals surface area contributed by atoms with Gasteiger partial charge in [-0.1, -0.05) is 6.07 Å². The third-order valence-electron chi connectivity index (χ3n) is 2.65. The predicted molar refractivity (Wildman–Crippen MR) is 75.8 cm³/mol. The fourth-order valence-corrected chi connectivity index (χ4v) is 1.65. The highest BCUT2D eigenvalue weighted by Crippen LogP contribution is 2.28. The minimum Gasteiger partial charge on any atom is -0.504 e. The van der Waals surface area contributed by atoms with Crippen molar-refractivity contribution in [3.63, 3.8) is 0 Å². The first kappa shape index (κ1) is 16.1. The largest absolute Gasteiger partial charge is 0.504 e. The summed E-state index contributed by atoms with van der Waals surface area (Å²) in [6.45, 7) is 5.93. The Labute approximate surface area is 118 Å². The predicted octanol–water partition coefficient (Wildman–Crippen LogP) is 1.66. The van der Waals surface area contributed by atoms with Gasteiger partial charge in [-0.15, -0.1) is 0 Å². The molecule has 0 aliphatic carbocycles. The van der Waals surface area contributed by atoms with E-state index in [4.69, 9.17) is 10.5 Å². The Hall–Kier alpha value is -1.95. The molecule has 6 nitrogen and oxygen atoms in total. The van der Waals surface area contributed by atoms with Gasteiger partial charge in [0.2, 0.25) is 0 Å². The van der Waals surface area contributed by atoms with Crippen LogP contribution in [0.2, 0.25) is 0 Å². The third-order valence-corrected chi connectivity index (χ3v) is 2.65. The van der Waals surface area contributed by atoms with E-state index in [2.05, 4.69) is 5.32 Å². The molecule has 1 atom stereocenters. The summed E-state index contributed by atoms with van der Waals surface area (Å²) >= 11 is 0. The van der Waals surface area contributed by atoms with Gasteiger partial charge < -0.3 is 26.0 Å². The van der Waals surface area contributed by atoms with E-state index in [9.17, 15) is 15.0 Å². The van der Waals surface area contributed by atoms with Gasteiger partial charge >= 0.3 is 6.09 Å². The van der Waals surface area contributed by atoms with Crippen LogP contribution in [0.4, 0.5) is 4.79 Å². The first-order chi connectivity index (χ1) is 9.23. The van der Waals surface area contributed by atoms with Crippen LogP contribution in [0.3, 0.4) is 0 Å². The molecule has 0 aromatic heterocycles. The zero-order valence-electron chi connectivity index (χ0n) is 12.0. The van der Waals surface area contributed by atoms with E-state index in [1.807, 2.05) is 0 Å². The molecule has 1 amide bonds. The second-order valence-corrected chi connectivity index (χ2v) is 5.56. The fraction of sp³-hybridized carbons (Fsp3) is 0.500. The number of amides is 1. The lowest BCUT2D eigenvalue weighted by molar-refractivity contribution is 0.0525. The van der Waals surface area contributed by atoms with E-state index in [-0.39, 0.29) is 24.0 Å². The minimum atomic E-state index is -0.556. The molecule has 1 unspecified atom stereocenters. The highest BCUT2D eigenvalue weighted by molar-refractivity contribution is 5.67. The van der Waals surface area contributed by atoms with Gasteiger partial charge in [0.25, 0.3) is 0 Å². The second kappa shape index (κ2) is 6.47. The van der Waals surface area contributed by atoms with Crippen LogP contribution in [0.25, 0.3) is 0 Å². The average Bonchev–Trinajstić information content (AvgIpc) is 2.32. The Balaban J connectivity index is 2.63. The zero-order chi connectivity index (χ0) is 15.3. The number of ether oxygens (including phenoxy) is 1. The molecule has 0 aliphatic heterocycles. The van der Waals surface area contributed by atoms with Gasteiger partial charge in [0.05, 0.1) is 0 Å². The monoisotopic (exact) mass is 282 g/mol. The van der Waals surface area contributed by atoms with Crippen molar-refractivity contribution in [3.05, 3.63) is 23.8 Å².